The lowest BCUT2D eigenvalue weighted by atomic mass is 9.78. The first-order valence-corrected chi connectivity index (χ1v) is 8.03. The fourth-order valence-electron chi connectivity index (χ4n) is 3.17. The summed E-state index contributed by atoms with van der Waals surface area (Å²) in [4.78, 5) is 4.29. The van der Waals surface area contributed by atoms with Crippen LogP contribution in [0.4, 0.5) is 8.78 Å². The molecule has 1 aromatic heterocycles. The largest absolute Gasteiger partial charge is 0.258 e. The van der Waals surface area contributed by atoms with Crippen LogP contribution in [-0.2, 0) is 0 Å². The van der Waals surface area contributed by atoms with Gasteiger partial charge in [0.1, 0.15) is 11.6 Å². The minimum Gasteiger partial charge on any atom is -0.258 e. The average molecular weight is 303 g/mol. The summed E-state index contributed by atoms with van der Waals surface area (Å²) in [6.45, 7) is 4.28. The Bertz CT molecular complexity index is 574. The molecule has 1 unspecified atom stereocenters. The fraction of sp³-hybridized carbons (Fsp3) is 0.421. The number of hydrogen-bond acceptors (Lipinski definition) is 1. The molecule has 1 nitrogen and oxygen atoms in total. The molecule has 118 valence electrons. The summed E-state index contributed by atoms with van der Waals surface area (Å²) in [5.74, 6) is -0.368. The van der Waals surface area contributed by atoms with E-state index in [1.165, 1.54) is 18.2 Å². The van der Waals surface area contributed by atoms with Crippen molar-refractivity contribution < 1.29 is 8.78 Å². The highest BCUT2D eigenvalue weighted by Gasteiger charge is 2.27. The lowest BCUT2D eigenvalue weighted by Crippen LogP contribution is -2.17. The van der Waals surface area contributed by atoms with Crippen LogP contribution in [0.2, 0.25) is 0 Å². The number of nitrogens with zero attached hydrogens (tertiary/aromatic N) is 1. The Morgan fingerprint density at radius 3 is 2.14 bits per heavy atom. The Balaban J connectivity index is 2.48. The maximum Gasteiger partial charge on any atom is 0.145 e. The summed E-state index contributed by atoms with van der Waals surface area (Å²) in [6.07, 6.45) is 5.72. The number of halogens is 2. The maximum atomic E-state index is 14.3. The van der Waals surface area contributed by atoms with E-state index in [0.717, 1.165) is 31.2 Å². The Morgan fingerprint density at radius 2 is 1.59 bits per heavy atom. The molecule has 0 radical (unpaired) electrons. The van der Waals surface area contributed by atoms with Crippen molar-refractivity contribution in [3.8, 4) is 0 Å². The Hall–Kier alpha value is -1.77. The molecular weight excluding hydrogens is 280 g/mol. The third-order valence-electron chi connectivity index (χ3n) is 4.10. The van der Waals surface area contributed by atoms with Gasteiger partial charge < -0.3 is 0 Å². The van der Waals surface area contributed by atoms with E-state index in [1.807, 2.05) is 0 Å². The van der Waals surface area contributed by atoms with Crippen LogP contribution in [-0.4, -0.2) is 4.98 Å². The molecular formula is C19H23F2N. The van der Waals surface area contributed by atoms with Gasteiger partial charge in [-0.2, -0.15) is 0 Å². The summed E-state index contributed by atoms with van der Waals surface area (Å²) in [6, 6.07) is 9.46. The van der Waals surface area contributed by atoms with E-state index in [4.69, 9.17) is 0 Å². The van der Waals surface area contributed by atoms with Crippen LogP contribution in [0, 0.1) is 17.6 Å². The van der Waals surface area contributed by atoms with Crippen molar-refractivity contribution in [2.45, 2.75) is 45.4 Å². The Morgan fingerprint density at radius 1 is 0.955 bits per heavy atom. The smallest absolute Gasteiger partial charge is 0.145 e. The van der Waals surface area contributed by atoms with E-state index in [-0.39, 0.29) is 17.6 Å². The molecule has 0 saturated heterocycles. The zero-order valence-corrected chi connectivity index (χ0v) is 13.2. The van der Waals surface area contributed by atoms with Crippen molar-refractivity contribution in [3.05, 3.63) is 65.5 Å². The lowest BCUT2D eigenvalue weighted by Gasteiger charge is -2.27. The van der Waals surface area contributed by atoms with Gasteiger partial charge in [-0.1, -0.05) is 38.8 Å². The topological polar surface area (TPSA) is 12.9 Å². The van der Waals surface area contributed by atoms with Crippen molar-refractivity contribution in [1.29, 1.82) is 0 Å². The number of pyridine rings is 1. The molecule has 2 rings (SSSR count). The Kier molecular flexibility index (Phi) is 6.05. The molecule has 0 aliphatic carbocycles. The van der Waals surface area contributed by atoms with Crippen molar-refractivity contribution >= 4 is 0 Å². The van der Waals surface area contributed by atoms with Crippen LogP contribution in [0.25, 0.3) is 0 Å². The van der Waals surface area contributed by atoms with Gasteiger partial charge in [0.15, 0.2) is 0 Å². The first-order chi connectivity index (χ1) is 10.7. The minimum atomic E-state index is -0.283. The van der Waals surface area contributed by atoms with Gasteiger partial charge in [-0.15, -0.1) is 0 Å². The number of benzene rings is 1. The predicted molar refractivity (Wildman–Crippen MR) is 85.7 cm³/mol. The molecule has 0 N–H and O–H groups in total. The van der Waals surface area contributed by atoms with E-state index in [1.54, 1.807) is 24.4 Å². The number of hydrogen-bond donors (Lipinski definition) is 0. The van der Waals surface area contributed by atoms with Crippen LogP contribution in [0.15, 0.2) is 42.6 Å². The van der Waals surface area contributed by atoms with Gasteiger partial charge in [-0.25, -0.2) is 8.78 Å². The summed E-state index contributed by atoms with van der Waals surface area (Å²) in [7, 11) is 0. The zero-order valence-electron chi connectivity index (χ0n) is 13.2. The van der Waals surface area contributed by atoms with Gasteiger partial charge in [0.05, 0.1) is 5.69 Å². The van der Waals surface area contributed by atoms with Crippen LogP contribution >= 0.6 is 0 Å². The normalized spacial score (nSPS) is 12.6. The van der Waals surface area contributed by atoms with E-state index in [9.17, 15) is 8.78 Å². The summed E-state index contributed by atoms with van der Waals surface area (Å²) in [5, 5.41) is 0. The molecule has 0 aliphatic rings. The molecule has 1 aromatic carbocycles. The molecule has 3 heteroatoms. The van der Waals surface area contributed by atoms with Crippen LogP contribution in [0.5, 0.6) is 0 Å². The number of aromatic nitrogens is 1. The molecule has 1 atom stereocenters. The standard InChI is InChI=1S/C19H23F2N/c1-3-6-14(7-4-2)18(15-9-11-16(20)12-10-15)19-17(21)8-5-13-22-19/h5,8-14,18H,3-4,6-7H2,1-2H3. The SMILES string of the molecule is CCCC(CCC)C(c1ccc(F)cc1)c1ncccc1F. The van der Waals surface area contributed by atoms with Crippen molar-refractivity contribution in [3.63, 3.8) is 0 Å². The first-order valence-electron chi connectivity index (χ1n) is 8.03. The maximum absolute atomic E-state index is 14.3. The number of rotatable bonds is 7. The third kappa shape index (κ3) is 3.90. The molecule has 1 heterocycles. The van der Waals surface area contributed by atoms with E-state index < -0.39 is 0 Å². The molecule has 22 heavy (non-hydrogen) atoms. The molecule has 0 spiro atoms. The monoisotopic (exact) mass is 303 g/mol. The second-order valence-electron chi connectivity index (χ2n) is 5.74. The van der Waals surface area contributed by atoms with Gasteiger partial charge in [-0.05, 0) is 48.6 Å². The first kappa shape index (κ1) is 16.6. The molecule has 0 saturated carbocycles. The second-order valence-corrected chi connectivity index (χ2v) is 5.74. The molecule has 0 amide bonds. The predicted octanol–water partition coefficient (Wildman–Crippen LogP) is 5.71. The zero-order chi connectivity index (χ0) is 15.9. The van der Waals surface area contributed by atoms with Crippen molar-refractivity contribution in [2.75, 3.05) is 0 Å². The molecule has 0 bridgehead atoms. The van der Waals surface area contributed by atoms with Crippen LogP contribution < -0.4 is 0 Å². The van der Waals surface area contributed by atoms with Crippen LogP contribution in [0.1, 0.15) is 56.7 Å². The van der Waals surface area contributed by atoms with E-state index in [0.29, 0.717) is 11.6 Å². The van der Waals surface area contributed by atoms with E-state index >= 15 is 0 Å². The quantitative estimate of drug-likeness (QED) is 0.638. The van der Waals surface area contributed by atoms with Crippen molar-refractivity contribution in [1.82, 2.24) is 4.98 Å². The summed E-state index contributed by atoms with van der Waals surface area (Å²) < 4.78 is 27.5. The summed E-state index contributed by atoms with van der Waals surface area (Å²) in [5.41, 5.74) is 1.41. The average Bonchev–Trinajstić information content (AvgIpc) is 2.52. The highest BCUT2D eigenvalue weighted by atomic mass is 19.1. The van der Waals surface area contributed by atoms with Gasteiger partial charge in [0, 0.05) is 12.1 Å². The van der Waals surface area contributed by atoms with Gasteiger partial charge in [-0.3, -0.25) is 4.98 Å². The van der Waals surface area contributed by atoms with Gasteiger partial charge >= 0.3 is 0 Å². The molecule has 0 aliphatic heterocycles. The van der Waals surface area contributed by atoms with Gasteiger partial charge in [0.2, 0.25) is 0 Å². The molecule has 2 aromatic rings. The fourth-order valence-corrected chi connectivity index (χ4v) is 3.17. The van der Waals surface area contributed by atoms with Crippen LogP contribution in [0.3, 0.4) is 0 Å². The van der Waals surface area contributed by atoms with Gasteiger partial charge in [0.25, 0.3) is 0 Å². The second kappa shape index (κ2) is 8.02. The minimum absolute atomic E-state index is 0.123. The lowest BCUT2D eigenvalue weighted by molar-refractivity contribution is 0.381. The summed E-state index contributed by atoms with van der Waals surface area (Å²) >= 11 is 0. The van der Waals surface area contributed by atoms with E-state index in [2.05, 4.69) is 18.8 Å². The molecule has 0 fully saturated rings. The Labute approximate surface area is 131 Å². The highest BCUT2D eigenvalue weighted by Crippen LogP contribution is 2.37. The third-order valence-corrected chi connectivity index (χ3v) is 4.10. The highest BCUT2D eigenvalue weighted by molar-refractivity contribution is 5.30. The van der Waals surface area contributed by atoms with Crippen molar-refractivity contribution in [2.24, 2.45) is 5.92 Å².